The molecular formula is C17H23FN4O3S2. The van der Waals surface area contributed by atoms with Crippen LogP contribution in [0.3, 0.4) is 0 Å². The number of aryl methyl sites for hydroxylation is 2. The van der Waals surface area contributed by atoms with Gasteiger partial charge in [-0.25, -0.2) is 14.1 Å². The maximum atomic E-state index is 13.5. The van der Waals surface area contributed by atoms with Crippen LogP contribution in [0.15, 0.2) is 24.3 Å². The first-order chi connectivity index (χ1) is 12.7. The van der Waals surface area contributed by atoms with Crippen LogP contribution in [0.5, 0.6) is 0 Å². The van der Waals surface area contributed by atoms with E-state index in [1.54, 1.807) is 19.1 Å². The summed E-state index contributed by atoms with van der Waals surface area (Å²) in [5.41, 5.74) is 0.791. The molecule has 148 valence electrons. The molecule has 1 heterocycles. The van der Waals surface area contributed by atoms with Crippen molar-refractivity contribution in [3.63, 3.8) is 0 Å². The second kappa shape index (κ2) is 9.36. The number of rotatable bonds is 9. The highest BCUT2D eigenvalue weighted by Crippen LogP contribution is 2.17. The topological polar surface area (TPSA) is 91.4 Å². The van der Waals surface area contributed by atoms with Crippen molar-refractivity contribution in [1.82, 2.24) is 19.3 Å². The Morgan fingerprint density at radius 3 is 2.67 bits per heavy atom. The van der Waals surface area contributed by atoms with Gasteiger partial charge in [0, 0.05) is 25.5 Å². The zero-order valence-corrected chi connectivity index (χ0v) is 17.1. The van der Waals surface area contributed by atoms with Crippen molar-refractivity contribution in [1.29, 1.82) is 0 Å². The van der Waals surface area contributed by atoms with Crippen molar-refractivity contribution in [2.24, 2.45) is 0 Å². The number of hydrogen-bond donors (Lipinski definition) is 2. The molecule has 0 spiro atoms. The molecule has 2 N–H and O–H groups in total. The van der Waals surface area contributed by atoms with Gasteiger partial charge in [0.25, 0.3) is 5.91 Å². The molecule has 2 rings (SSSR count). The molecule has 7 nitrogen and oxygen atoms in total. The Hall–Kier alpha value is -1.88. The van der Waals surface area contributed by atoms with Gasteiger partial charge >= 0.3 is 10.2 Å². The Labute approximate surface area is 162 Å². The van der Waals surface area contributed by atoms with Crippen LogP contribution in [0.25, 0.3) is 0 Å². The van der Waals surface area contributed by atoms with Crippen LogP contribution in [0.2, 0.25) is 0 Å². The number of carbonyl (C=O) groups is 1. The first-order valence-electron chi connectivity index (χ1n) is 8.35. The van der Waals surface area contributed by atoms with E-state index in [-0.39, 0.29) is 11.5 Å². The normalized spacial score (nSPS) is 11.7. The molecule has 0 aliphatic carbocycles. The monoisotopic (exact) mass is 414 g/mol. The van der Waals surface area contributed by atoms with E-state index >= 15 is 0 Å². The average Bonchev–Trinajstić information content (AvgIpc) is 2.96. The Bertz CT molecular complexity index is 897. The standard InChI is InChI=1S/C17H23FN4O3S2/c1-12-16(17(23)21-27(24,25)22(2)3)20-15(26-12)11-19-10-6-8-13-7-4-5-9-14(13)18/h4-5,7,9,19H,6,8,10-11H2,1-3H3,(H,21,23). The summed E-state index contributed by atoms with van der Waals surface area (Å²) in [6, 6.07) is 6.70. The summed E-state index contributed by atoms with van der Waals surface area (Å²) in [6.07, 6.45) is 1.40. The number of aromatic nitrogens is 1. The van der Waals surface area contributed by atoms with Gasteiger partial charge in [-0.05, 0) is 37.9 Å². The van der Waals surface area contributed by atoms with Crippen molar-refractivity contribution in [3.8, 4) is 0 Å². The third kappa shape index (κ3) is 6.06. The summed E-state index contributed by atoms with van der Waals surface area (Å²) in [5, 5.41) is 3.89. The highest BCUT2D eigenvalue weighted by atomic mass is 32.2. The highest BCUT2D eigenvalue weighted by Gasteiger charge is 2.22. The molecule has 0 fully saturated rings. The molecule has 0 saturated carbocycles. The van der Waals surface area contributed by atoms with Crippen molar-refractivity contribution >= 4 is 27.5 Å². The third-order valence-electron chi connectivity index (χ3n) is 3.79. The molecule has 1 amide bonds. The molecule has 2 aromatic rings. The molecule has 1 aromatic heterocycles. The third-order valence-corrected chi connectivity index (χ3v) is 6.17. The number of nitrogens with one attached hydrogen (secondary N) is 2. The van der Waals surface area contributed by atoms with Gasteiger partial charge in [-0.2, -0.15) is 12.7 Å². The number of thiazole rings is 1. The molecule has 0 unspecified atom stereocenters. The van der Waals surface area contributed by atoms with Crippen LogP contribution < -0.4 is 10.0 Å². The number of carbonyl (C=O) groups excluding carboxylic acids is 1. The van der Waals surface area contributed by atoms with Crippen LogP contribution in [0.4, 0.5) is 4.39 Å². The molecule has 0 aliphatic heterocycles. The summed E-state index contributed by atoms with van der Waals surface area (Å²) in [6.45, 7) is 2.84. The fourth-order valence-electron chi connectivity index (χ4n) is 2.29. The molecule has 10 heteroatoms. The summed E-state index contributed by atoms with van der Waals surface area (Å²) in [7, 11) is -1.19. The maximum Gasteiger partial charge on any atom is 0.303 e. The van der Waals surface area contributed by atoms with Gasteiger partial charge in [0.15, 0.2) is 0 Å². The van der Waals surface area contributed by atoms with E-state index in [4.69, 9.17) is 0 Å². The van der Waals surface area contributed by atoms with E-state index in [0.29, 0.717) is 35.0 Å². The van der Waals surface area contributed by atoms with Crippen LogP contribution in [-0.4, -0.2) is 44.3 Å². The molecule has 0 bridgehead atoms. The molecular weight excluding hydrogens is 391 g/mol. The van der Waals surface area contributed by atoms with Gasteiger partial charge in [-0.1, -0.05) is 18.2 Å². The summed E-state index contributed by atoms with van der Waals surface area (Å²) >= 11 is 1.33. The van der Waals surface area contributed by atoms with Crippen molar-refractivity contribution in [3.05, 3.63) is 51.2 Å². The Morgan fingerprint density at radius 2 is 2.00 bits per heavy atom. The second-order valence-electron chi connectivity index (χ2n) is 6.10. The number of halogens is 1. The van der Waals surface area contributed by atoms with Gasteiger partial charge in [-0.3, -0.25) is 4.79 Å². The van der Waals surface area contributed by atoms with Crippen LogP contribution in [-0.2, 0) is 23.2 Å². The minimum atomic E-state index is -3.86. The van der Waals surface area contributed by atoms with Gasteiger partial charge < -0.3 is 5.32 Å². The molecule has 27 heavy (non-hydrogen) atoms. The van der Waals surface area contributed by atoms with Crippen molar-refractivity contribution in [2.75, 3.05) is 20.6 Å². The lowest BCUT2D eigenvalue weighted by molar-refractivity contribution is 0.0975. The van der Waals surface area contributed by atoms with E-state index in [1.807, 2.05) is 10.8 Å². The quantitative estimate of drug-likeness (QED) is 0.611. The molecule has 0 radical (unpaired) electrons. The average molecular weight is 415 g/mol. The minimum Gasteiger partial charge on any atom is -0.310 e. The van der Waals surface area contributed by atoms with E-state index in [9.17, 15) is 17.6 Å². The zero-order chi connectivity index (χ0) is 20.0. The number of amides is 1. The molecule has 0 saturated heterocycles. The number of nitrogens with zero attached hydrogens (tertiary/aromatic N) is 2. The van der Waals surface area contributed by atoms with E-state index in [0.717, 1.165) is 10.7 Å². The minimum absolute atomic E-state index is 0.105. The lowest BCUT2D eigenvalue weighted by Gasteiger charge is -2.11. The van der Waals surface area contributed by atoms with E-state index < -0.39 is 16.1 Å². The Kier molecular flexibility index (Phi) is 7.42. The smallest absolute Gasteiger partial charge is 0.303 e. The zero-order valence-electron chi connectivity index (χ0n) is 15.5. The fourth-order valence-corrected chi connectivity index (χ4v) is 3.71. The highest BCUT2D eigenvalue weighted by molar-refractivity contribution is 7.87. The summed E-state index contributed by atoms with van der Waals surface area (Å²) in [4.78, 5) is 17.0. The van der Waals surface area contributed by atoms with Gasteiger partial charge in [0.1, 0.15) is 16.5 Å². The maximum absolute atomic E-state index is 13.5. The molecule has 0 atom stereocenters. The van der Waals surface area contributed by atoms with Crippen molar-refractivity contribution < 1.29 is 17.6 Å². The first kappa shape index (κ1) is 21.4. The van der Waals surface area contributed by atoms with Gasteiger partial charge in [0.05, 0.1) is 0 Å². The molecule has 1 aromatic carbocycles. The SMILES string of the molecule is Cc1sc(CNCCCc2ccccc2F)nc1C(=O)NS(=O)(=O)N(C)C. The Balaban J connectivity index is 1.84. The summed E-state index contributed by atoms with van der Waals surface area (Å²) in [5.74, 6) is -0.945. The molecule has 0 aliphatic rings. The number of hydrogen-bond acceptors (Lipinski definition) is 6. The van der Waals surface area contributed by atoms with Gasteiger partial charge in [0.2, 0.25) is 0 Å². The Morgan fingerprint density at radius 1 is 1.30 bits per heavy atom. The number of benzene rings is 1. The van der Waals surface area contributed by atoms with Crippen LogP contribution in [0.1, 0.15) is 32.4 Å². The van der Waals surface area contributed by atoms with Gasteiger partial charge in [-0.15, -0.1) is 11.3 Å². The van der Waals surface area contributed by atoms with E-state index in [2.05, 4.69) is 10.3 Å². The predicted molar refractivity (Wildman–Crippen MR) is 103 cm³/mol. The van der Waals surface area contributed by atoms with Crippen LogP contribution in [0, 0.1) is 12.7 Å². The lowest BCUT2D eigenvalue weighted by Crippen LogP contribution is -2.39. The first-order valence-corrected chi connectivity index (χ1v) is 10.6. The predicted octanol–water partition coefficient (Wildman–Crippen LogP) is 1.85. The fraction of sp³-hybridized carbons (Fsp3) is 0.412. The second-order valence-corrected chi connectivity index (χ2v) is 9.28. The lowest BCUT2D eigenvalue weighted by atomic mass is 10.1. The largest absolute Gasteiger partial charge is 0.310 e. The van der Waals surface area contributed by atoms with E-state index in [1.165, 1.54) is 31.5 Å². The summed E-state index contributed by atoms with van der Waals surface area (Å²) < 4.78 is 39.9. The van der Waals surface area contributed by atoms with Crippen LogP contribution >= 0.6 is 11.3 Å². The van der Waals surface area contributed by atoms with Crippen molar-refractivity contribution in [2.45, 2.75) is 26.3 Å².